The lowest BCUT2D eigenvalue weighted by molar-refractivity contribution is 0.102. The molecule has 0 aliphatic heterocycles. The highest BCUT2D eigenvalue weighted by molar-refractivity contribution is 7.89. The van der Waals surface area contributed by atoms with Crippen LogP contribution in [0.15, 0.2) is 53.4 Å². The van der Waals surface area contributed by atoms with E-state index in [0.29, 0.717) is 10.7 Å². The summed E-state index contributed by atoms with van der Waals surface area (Å²) in [7, 11) is -0.326. The third kappa shape index (κ3) is 4.95. The Kier molecular flexibility index (Phi) is 6.83. The van der Waals surface area contributed by atoms with Crippen LogP contribution in [0.5, 0.6) is 5.75 Å². The van der Waals surface area contributed by atoms with E-state index in [2.05, 4.69) is 10.3 Å². The smallest absolute Gasteiger partial charge is 0.257 e. The number of rotatable bonds is 7. The number of nitrogens with one attached hydrogen (secondary N) is 1. The highest BCUT2D eigenvalue weighted by Crippen LogP contribution is 2.32. The van der Waals surface area contributed by atoms with Crippen LogP contribution in [-0.4, -0.2) is 43.8 Å². The minimum absolute atomic E-state index is 0.0472. The molecule has 9 heteroatoms. The minimum Gasteiger partial charge on any atom is -0.497 e. The number of anilines is 1. The fraction of sp³-hybridized carbons (Fsp3) is 0.333. The van der Waals surface area contributed by atoms with Crippen LogP contribution < -0.4 is 10.1 Å². The summed E-state index contributed by atoms with van der Waals surface area (Å²) in [5.41, 5.74) is 2.11. The normalized spacial score (nSPS) is 14.5. The SMILES string of the molecule is COc1ccc(-c2nc(NC(=O)c3ccc(S(=O)(=O)N(C)C4CCCC4)cc3)sc2C)cc1. The molecule has 1 fully saturated rings. The molecule has 1 aliphatic rings. The Hall–Kier alpha value is -2.75. The van der Waals surface area contributed by atoms with Gasteiger partial charge in [0.25, 0.3) is 5.91 Å². The molecular weight excluding hydrogens is 458 g/mol. The van der Waals surface area contributed by atoms with Gasteiger partial charge in [-0.05, 0) is 68.3 Å². The van der Waals surface area contributed by atoms with Crippen LogP contribution in [0.25, 0.3) is 11.3 Å². The number of hydrogen-bond donors (Lipinski definition) is 1. The number of nitrogens with zero attached hydrogens (tertiary/aromatic N) is 2. The lowest BCUT2D eigenvalue weighted by Crippen LogP contribution is -2.35. The van der Waals surface area contributed by atoms with Gasteiger partial charge in [0.1, 0.15) is 5.75 Å². The zero-order valence-corrected chi connectivity index (χ0v) is 20.5. The Labute approximate surface area is 198 Å². The van der Waals surface area contributed by atoms with Gasteiger partial charge in [-0.15, -0.1) is 11.3 Å². The van der Waals surface area contributed by atoms with Gasteiger partial charge in [-0.25, -0.2) is 13.4 Å². The van der Waals surface area contributed by atoms with Gasteiger partial charge in [0.05, 0.1) is 17.7 Å². The van der Waals surface area contributed by atoms with Crippen molar-refractivity contribution in [1.29, 1.82) is 0 Å². The first-order valence-corrected chi connectivity index (χ1v) is 13.1. The number of hydrogen-bond acceptors (Lipinski definition) is 6. The molecule has 1 heterocycles. The molecular formula is C24H27N3O4S2. The van der Waals surface area contributed by atoms with E-state index in [1.165, 1.54) is 39.9 Å². The van der Waals surface area contributed by atoms with E-state index in [-0.39, 0.29) is 16.8 Å². The average Bonchev–Trinajstić information content (AvgIpc) is 3.48. The monoisotopic (exact) mass is 485 g/mol. The van der Waals surface area contributed by atoms with E-state index in [0.717, 1.165) is 47.6 Å². The summed E-state index contributed by atoms with van der Waals surface area (Å²) < 4.78 is 32.5. The van der Waals surface area contributed by atoms with E-state index in [4.69, 9.17) is 4.74 Å². The second-order valence-corrected chi connectivity index (χ2v) is 11.3. The number of carbonyl (C=O) groups excluding carboxylic acids is 1. The van der Waals surface area contributed by atoms with Crippen LogP contribution in [0.3, 0.4) is 0 Å². The van der Waals surface area contributed by atoms with Gasteiger partial charge >= 0.3 is 0 Å². The van der Waals surface area contributed by atoms with Gasteiger partial charge in [0.15, 0.2) is 5.13 Å². The number of aromatic nitrogens is 1. The molecule has 0 radical (unpaired) electrons. The zero-order chi connectivity index (χ0) is 23.6. The lowest BCUT2D eigenvalue weighted by atomic mass is 10.1. The number of benzene rings is 2. The fourth-order valence-corrected chi connectivity index (χ4v) is 6.29. The zero-order valence-electron chi connectivity index (χ0n) is 18.9. The van der Waals surface area contributed by atoms with E-state index in [1.807, 2.05) is 31.2 Å². The van der Waals surface area contributed by atoms with E-state index >= 15 is 0 Å². The molecule has 0 unspecified atom stereocenters. The van der Waals surface area contributed by atoms with Gasteiger partial charge in [-0.1, -0.05) is 12.8 Å². The molecule has 0 spiro atoms. The largest absolute Gasteiger partial charge is 0.497 e. The molecule has 0 saturated heterocycles. The maximum atomic E-state index is 12.9. The van der Waals surface area contributed by atoms with Crippen LogP contribution in [0.2, 0.25) is 0 Å². The molecule has 1 amide bonds. The maximum Gasteiger partial charge on any atom is 0.257 e. The number of carbonyl (C=O) groups is 1. The predicted molar refractivity (Wildman–Crippen MR) is 130 cm³/mol. The summed E-state index contributed by atoms with van der Waals surface area (Å²) >= 11 is 1.39. The van der Waals surface area contributed by atoms with Crippen molar-refractivity contribution in [2.45, 2.75) is 43.5 Å². The van der Waals surface area contributed by atoms with Crippen molar-refractivity contribution in [2.75, 3.05) is 19.5 Å². The van der Waals surface area contributed by atoms with E-state index < -0.39 is 10.0 Å². The summed E-state index contributed by atoms with van der Waals surface area (Å²) in [5.74, 6) is 0.429. The molecule has 7 nitrogen and oxygen atoms in total. The Morgan fingerprint density at radius 3 is 2.33 bits per heavy atom. The summed E-state index contributed by atoms with van der Waals surface area (Å²) in [6.07, 6.45) is 3.89. The highest BCUT2D eigenvalue weighted by atomic mass is 32.2. The number of ether oxygens (including phenoxy) is 1. The van der Waals surface area contributed by atoms with Crippen LogP contribution in [-0.2, 0) is 10.0 Å². The molecule has 1 aliphatic carbocycles. The van der Waals surface area contributed by atoms with Crippen molar-refractivity contribution in [2.24, 2.45) is 0 Å². The Morgan fingerprint density at radius 1 is 1.09 bits per heavy atom. The first-order valence-electron chi connectivity index (χ1n) is 10.8. The molecule has 4 rings (SSSR count). The molecule has 1 saturated carbocycles. The summed E-state index contributed by atoms with van der Waals surface area (Å²) in [4.78, 5) is 18.5. The van der Waals surface area contributed by atoms with E-state index in [1.54, 1.807) is 14.2 Å². The number of sulfonamides is 1. The number of aryl methyl sites for hydroxylation is 1. The number of methoxy groups -OCH3 is 1. The highest BCUT2D eigenvalue weighted by Gasteiger charge is 2.30. The van der Waals surface area contributed by atoms with E-state index in [9.17, 15) is 13.2 Å². The standard InChI is InChI=1S/C24H27N3O4S2/c1-16-22(17-8-12-20(31-3)13-9-17)25-24(32-16)26-23(28)18-10-14-21(15-11-18)33(29,30)27(2)19-6-4-5-7-19/h8-15,19H,4-7H2,1-3H3,(H,25,26,28). The summed E-state index contributed by atoms with van der Waals surface area (Å²) in [6, 6.07) is 13.7. The third-order valence-electron chi connectivity index (χ3n) is 6.01. The van der Waals surface area contributed by atoms with Gasteiger partial charge in [-0.2, -0.15) is 4.31 Å². The molecule has 174 valence electrons. The van der Waals surface area contributed by atoms with Gasteiger partial charge < -0.3 is 4.74 Å². The Bertz CT molecular complexity index is 1230. The van der Waals surface area contributed by atoms with Gasteiger partial charge in [-0.3, -0.25) is 10.1 Å². The second kappa shape index (κ2) is 9.62. The van der Waals surface area contributed by atoms with Crippen molar-refractivity contribution < 1.29 is 17.9 Å². The fourth-order valence-electron chi connectivity index (χ4n) is 4.04. The molecule has 3 aromatic rings. The topological polar surface area (TPSA) is 88.6 Å². The quantitative estimate of drug-likeness (QED) is 0.512. The minimum atomic E-state index is -3.58. The third-order valence-corrected chi connectivity index (χ3v) is 8.82. The lowest BCUT2D eigenvalue weighted by Gasteiger charge is -2.23. The van der Waals surface area contributed by atoms with Crippen LogP contribution in [0, 0.1) is 6.92 Å². The van der Waals surface area contributed by atoms with Crippen LogP contribution in [0.1, 0.15) is 40.9 Å². The molecule has 2 aromatic carbocycles. The molecule has 1 aromatic heterocycles. The van der Waals surface area contributed by atoms with Crippen molar-refractivity contribution in [3.8, 4) is 17.0 Å². The first kappa shape index (κ1) is 23.4. The molecule has 0 atom stereocenters. The summed E-state index contributed by atoms with van der Waals surface area (Å²) in [6.45, 7) is 1.95. The average molecular weight is 486 g/mol. The van der Waals surface area contributed by atoms with Crippen molar-refractivity contribution in [1.82, 2.24) is 9.29 Å². The second-order valence-electron chi connectivity index (χ2n) is 8.09. The van der Waals surface area contributed by atoms with Gasteiger partial charge in [0.2, 0.25) is 10.0 Å². The van der Waals surface area contributed by atoms with Gasteiger partial charge in [0, 0.05) is 29.1 Å². The number of amides is 1. The first-order chi connectivity index (χ1) is 15.8. The van der Waals surface area contributed by atoms with Crippen molar-refractivity contribution >= 4 is 32.4 Å². The maximum absolute atomic E-state index is 12.9. The predicted octanol–water partition coefficient (Wildman–Crippen LogP) is 4.94. The Morgan fingerprint density at radius 2 is 1.73 bits per heavy atom. The van der Waals surface area contributed by atoms with Crippen LogP contribution in [0.4, 0.5) is 5.13 Å². The summed E-state index contributed by atoms with van der Waals surface area (Å²) in [5, 5.41) is 3.31. The van der Waals surface area contributed by atoms with Crippen molar-refractivity contribution in [3.05, 3.63) is 59.0 Å². The van der Waals surface area contributed by atoms with Crippen LogP contribution >= 0.6 is 11.3 Å². The molecule has 33 heavy (non-hydrogen) atoms. The molecule has 0 bridgehead atoms. The molecule has 1 N–H and O–H groups in total. The Balaban J connectivity index is 1.47. The van der Waals surface area contributed by atoms with Crippen molar-refractivity contribution in [3.63, 3.8) is 0 Å². The number of thiazole rings is 1.